The fourth-order valence-electron chi connectivity index (χ4n) is 2.67. The maximum Gasteiger partial charge on any atom is 0.250 e. The Hall–Kier alpha value is -3.80. The first-order valence-electron chi connectivity index (χ1n) is 11.0. The van der Waals surface area contributed by atoms with E-state index < -0.39 is 24.0 Å². The molecule has 28 heavy (non-hydrogen) atoms. The zero-order chi connectivity index (χ0) is 23.9. The molecule has 2 aromatic carbocycles. The molecule has 0 unspecified atom stereocenters. The summed E-state index contributed by atoms with van der Waals surface area (Å²) in [6.45, 7) is 1.91. The standard InChI is InChI=1S/C22H19N5O/c1-15-23-14-20(27(15)2)17-9-10-18-13-24-22(25-19(18)12-17)26-21(28)11-8-16-6-4-3-5-7-16/h3-14H,1-2H3,(H,24,25,26,28)/b11-8+/i3D,4D,5D,6D,7D. The molecular weight excluding hydrogens is 350 g/mol. The van der Waals surface area contributed by atoms with Crippen molar-refractivity contribution in [2.24, 2.45) is 7.05 Å². The van der Waals surface area contributed by atoms with Gasteiger partial charge in [-0.1, -0.05) is 42.3 Å². The van der Waals surface area contributed by atoms with Crippen molar-refractivity contribution in [2.75, 3.05) is 5.32 Å². The van der Waals surface area contributed by atoms with Gasteiger partial charge in [0, 0.05) is 30.3 Å². The van der Waals surface area contributed by atoms with Crippen molar-refractivity contribution < 1.29 is 11.6 Å². The molecule has 4 aromatic rings. The van der Waals surface area contributed by atoms with Crippen LogP contribution in [0.5, 0.6) is 0 Å². The summed E-state index contributed by atoms with van der Waals surface area (Å²) < 4.78 is 40.8. The van der Waals surface area contributed by atoms with Gasteiger partial charge >= 0.3 is 0 Å². The molecule has 6 nitrogen and oxygen atoms in total. The fourth-order valence-corrected chi connectivity index (χ4v) is 2.67. The van der Waals surface area contributed by atoms with Gasteiger partial charge in [0.05, 0.1) is 24.3 Å². The van der Waals surface area contributed by atoms with Gasteiger partial charge in [0.2, 0.25) is 5.95 Å². The molecule has 2 heterocycles. The van der Waals surface area contributed by atoms with E-state index in [-0.39, 0.29) is 23.6 Å². The number of rotatable bonds is 4. The van der Waals surface area contributed by atoms with E-state index in [9.17, 15) is 4.79 Å². The fraction of sp³-hybridized carbons (Fsp3) is 0.0909. The number of amides is 1. The van der Waals surface area contributed by atoms with Crippen LogP contribution in [-0.4, -0.2) is 25.4 Å². The molecule has 0 aliphatic carbocycles. The van der Waals surface area contributed by atoms with Gasteiger partial charge < -0.3 is 4.57 Å². The van der Waals surface area contributed by atoms with Crippen molar-refractivity contribution in [1.82, 2.24) is 19.5 Å². The highest BCUT2D eigenvalue weighted by molar-refractivity contribution is 6.01. The summed E-state index contributed by atoms with van der Waals surface area (Å²) in [5.41, 5.74) is 2.40. The lowest BCUT2D eigenvalue weighted by atomic mass is 10.1. The van der Waals surface area contributed by atoms with Gasteiger partial charge in [-0.2, -0.15) is 0 Å². The number of aryl methyl sites for hydroxylation is 1. The highest BCUT2D eigenvalue weighted by Gasteiger charge is 2.08. The number of aromatic nitrogens is 4. The number of nitrogens with one attached hydrogen (secondary N) is 1. The summed E-state index contributed by atoms with van der Waals surface area (Å²) in [6.07, 6.45) is 5.63. The lowest BCUT2D eigenvalue weighted by Crippen LogP contribution is -2.10. The molecular formula is C22H19N5O. The second kappa shape index (κ2) is 7.44. The molecule has 6 heteroatoms. The first-order valence-corrected chi connectivity index (χ1v) is 8.49. The van der Waals surface area contributed by atoms with Crippen molar-refractivity contribution in [3.63, 3.8) is 0 Å². The van der Waals surface area contributed by atoms with Crippen molar-refractivity contribution >= 4 is 28.8 Å². The average Bonchev–Trinajstić information content (AvgIpc) is 3.14. The number of imidazole rings is 1. The van der Waals surface area contributed by atoms with E-state index in [0.717, 1.165) is 28.5 Å². The molecule has 0 spiro atoms. The summed E-state index contributed by atoms with van der Waals surface area (Å²) in [7, 11) is 1.93. The van der Waals surface area contributed by atoms with Crippen LogP contribution in [0.25, 0.3) is 28.2 Å². The van der Waals surface area contributed by atoms with E-state index in [1.807, 2.05) is 36.7 Å². The van der Waals surface area contributed by atoms with Gasteiger partial charge in [0.15, 0.2) is 0 Å². The third kappa shape index (κ3) is 3.66. The van der Waals surface area contributed by atoms with Crippen molar-refractivity contribution in [3.05, 3.63) is 78.3 Å². The summed E-state index contributed by atoms with van der Waals surface area (Å²) in [5.74, 6) is 0.364. The zero-order valence-electron chi connectivity index (χ0n) is 20.2. The predicted molar refractivity (Wildman–Crippen MR) is 111 cm³/mol. The van der Waals surface area contributed by atoms with E-state index in [1.54, 1.807) is 12.4 Å². The molecule has 0 radical (unpaired) electrons. The van der Waals surface area contributed by atoms with Gasteiger partial charge in [-0.3, -0.25) is 10.1 Å². The molecule has 0 saturated heterocycles. The normalized spacial score (nSPS) is 13.7. The van der Waals surface area contributed by atoms with Gasteiger partial charge in [-0.05, 0) is 24.6 Å². The number of fused-ring (bicyclic) bond motifs is 1. The molecule has 0 atom stereocenters. The summed E-state index contributed by atoms with van der Waals surface area (Å²) in [5, 5.41) is 3.34. The first kappa shape index (κ1) is 12.6. The van der Waals surface area contributed by atoms with Crippen molar-refractivity contribution in [2.45, 2.75) is 6.92 Å². The minimum atomic E-state index is -0.598. The van der Waals surface area contributed by atoms with E-state index in [1.165, 1.54) is 6.08 Å². The van der Waals surface area contributed by atoms with Crippen molar-refractivity contribution in [1.29, 1.82) is 0 Å². The van der Waals surface area contributed by atoms with E-state index >= 15 is 0 Å². The molecule has 0 fully saturated rings. The number of hydrogen-bond donors (Lipinski definition) is 1. The topological polar surface area (TPSA) is 72.7 Å². The smallest absolute Gasteiger partial charge is 0.250 e. The van der Waals surface area contributed by atoms with Crippen molar-refractivity contribution in [3.8, 4) is 11.3 Å². The third-order valence-corrected chi connectivity index (χ3v) is 4.25. The van der Waals surface area contributed by atoms with E-state index in [0.29, 0.717) is 5.52 Å². The Morgan fingerprint density at radius 2 is 2.00 bits per heavy atom. The molecule has 0 aliphatic rings. The van der Waals surface area contributed by atoms with Gasteiger partial charge in [0.25, 0.3) is 5.91 Å². The molecule has 4 rings (SSSR count). The third-order valence-electron chi connectivity index (χ3n) is 4.25. The molecule has 0 saturated carbocycles. The van der Waals surface area contributed by atoms with Crippen LogP contribution in [0.15, 0.2) is 66.9 Å². The van der Waals surface area contributed by atoms with Crippen LogP contribution in [0.1, 0.15) is 18.2 Å². The maximum atomic E-state index is 12.4. The molecule has 1 N–H and O–H groups in total. The Morgan fingerprint density at radius 3 is 2.75 bits per heavy atom. The largest absolute Gasteiger partial charge is 0.331 e. The molecule has 0 bridgehead atoms. The van der Waals surface area contributed by atoms with Gasteiger partial charge in [-0.25, -0.2) is 15.0 Å². The number of anilines is 1. The Labute approximate surface area is 169 Å². The van der Waals surface area contributed by atoms with E-state index in [2.05, 4.69) is 20.3 Å². The number of hydrogen-bond acceptors (Lipinski definition) is 4. The average molecular weight is 374 g/mol. The second-order valence-electron chi connectivity index (χ2n) is 6.08. The second-order valence-corrected chi connectivity index (χ2v) is 6.08. The summed E-state index contributed by atoms with van der Waals surface area (Å²) >= 11 is 0. The van der Waals surface area contributed by atoms with Crippen LogP contribution >= 0.6 is 0 Å². The van der Waals surface area contributed by atoms with E-state index in [4.69, 9.17) is 6.85 Å². The Kier molecular flexibility index (Phi) is 3.34. The quantitative estimate of drug-likeness (QED) is 0.548. The monoisotopic (exact) mass is 374 g/mol. The van der Waals surface area contributed by atoms with Gasteiger partial charge in [0.1, 0.15) is 5.82 Å². The number of benzene rings is 2. The SMILES string of the molecule is [2H]c1c([2H])c([2H])c(/C=C/C(=O)Nc2ncc3ccc(-c4cnc(C)n4C)cc3n2)c([2H])c1[2H]. The van der Waals surface area contributed by atoms with Crippen LogP contribution in [-0.2, 0) is 11.8 Å². The van der Waals surface area contributed by atoms with Crippen LogP contribution in [0.3, 0.4) is 0 Å². The zero-order valence-corrected chi connectivity index (χ0v) is 15.2. The molecule has 1 amide bonds. The Morgan fingerprint density at radius 1 is 1.18 bits per heavy atom. The Balaban J connectivity index is 1.59. The highest BCUT2D eigenvalue weighted by atomic mass is 16.1. The minimum absolute atomic E-state index is 0.0771. The molecule has 2 aromatic heterocycles. The van der Waals surface area contributed by atoms with Crippen LogP contribution in [0.4, 0.5) is 5.95 Å². The van der Waals surface area contributed by atoms with Crippen LogP contribution < -0.4 is 5.32 Å². The predicted octanol–water partition coefficient (Wildman–Crippen LogP) is 3.99. The lowest BCUT2D eigenvalue weighted by molar-refractivity contribution is -0.111. The number of nitrogens with zero attached hydrogens (tertiary/aromatic N) is 4. The van der Waals surface area contributed by atoms with Crippen LogP contribution in [0.2, 0.25) is 0 Å². The summed E-state index contributed by atoms with van der Waals surface area (Å²) in [6, 6.07) is 3.53. The Bertz CT molecular complexity index is 1420. The highest BCUT2D eigenvalue weighted by Crippen LogP contribution is 2.24. The molecule has 138 valence electrons. The lowest BCUT2D eigenvalue weighted by Gasteiger charge is -2.06. The number of carbonyl (C=O) groups excluding carboxylic acids is 1. The minimum Gasteiger partial charge on any atom is -0.331 e. The van der Waals surface area contributed by atoms with Crippen LogP contribution in [0, 0.1) is 6.92 Å². The summed E-state index contributed by atoms with van der Waals surface area (Å²) in [4.78, 5) is 25.2. The first-order chi connectivity index (χ1) is 15.7. The maximum absolute atomic E-state index is 12.4. The molecule has 0 aliphatic heterocycles. The number of carbonyl (C=O) groups is 1. The van der Waals surface area contributed by atoms with Gasteiger partial charge in [-0.15, -0.1) is 0 Å².